The van der Waals surface area contributed by atoms with E-state index in [1.54, 1.807) is 14.1 Å². The van der Waals surface area contributed by atoms with Gasteiger partial charge in [0.25, 0.3) is 5.91 Å². The normalized spacial score (nSPS) is 17.8. The molecule has 0 bridgehead atoms. The van der Waals surface area contributed by atoms with Gasteiger partial charge in [-0.25, -0.2) is 0 Å². The minimum absolute atomic E-state index is 0.0158. The Morgan fingerprint density at radius 2 is 2.12 bits per heavy atom. The van der Waals surface area contributed by atoms with Crippen LogP contribution < -0.4 is 10.1 Å². The van der Waals surface area contributed by atoms with Crippen LogP contribution >= 0.6 is 0 Å². The summed E-state index contributed by atoms with van der Waals surface area (Å²) in [5.74, 6) is 0.505. The summed E-state index contributed by atoms with van der Waals surface area (Å²) < 4.78 is 11.2. The van der Waals surface area contributed by atoms with Gasteiger partial charge in [-0.05, 0) is 25.3 Å². The molecule has 1 aliphatic heterocycles. The van der Waals surface area contributed by atoms with Crippen molar-refractivity contribution in [1.82, 2.24) is 10.2 Å². The number of benzene rings is 1. The zero-order valence-corrected chi connectivity index (χ0v) is 15.3. The molecular weight excluding hydrogens is 320 g/mol. The van der Waals surface area contributed by atoms with E-state index in [1.807, 2.05) is 31.2 Å². The van der Waals surface area contributed by atoms with Gasteiger partial charge >= 0.3 is 0 Å². The predicted molar refractivity (Wildman–Crippen MR) is 95.4 cm³/mol. The summed E-state index contributed by atoms with van der Waals surface area (Å²) in [5, 5.41) is 3.07. The maximum atomic E-state index is 12.3. The van der Waals surface area contributed by atoms with Crippen molar-refractivity contribution in [3.8, 4) is 5.75 Å². The first-order valence-electron chi connectivity index (χ1n) is 8.84. The number of amides is 2. The number of nitrogens with one attached hydrogen (secondary N) is 1. The highest BCUT2D eigenvalue weighted by molar-refractivity contribution is 5.78. The number of likely N-dealkylation sites (N-methyl/N-ethyl adjacent to an activating group) is 1. The molecule has 1 heterocycles. The maximum absolute atomic E-state index is 12.3. The second-order valence-corrected chi connectivity index (χ2v) is 6.48. The molecule has 138 valence electrons. The average molecular weight is 348 g/mol. The predicted octanol–water partition coefficient (Wildman–Crippen LogP) is 2.29. The molecule has 1 saturated heterocycles. The molecule has 6 nitrogen and oxygen atoms in total. The summed E-state index contributed by atoms with van der Waals surface area (Å²) in [6.07, 6.45) is 3.11. The molecule has 0 aliphatic carbocycles. The Morgan fingerprint density at radius 1 is 1.36 bits per heavy atom. The van der Waals surface area contributed by atoms with Crippen molar-refractivity contribution in [2.45, 2.75) is 44.8 Å². The van der Waals surface area contributed by atoms with E-state index in [1.165, 1.54) is 4.90 Å². The van der Waals surface area contributed by atoms with Crippen LogP contribution in [0.4, 0.5) is 0 Å². The number of carbonyl (C=O) groups excluding carboxylic acids is 2. The highest BCUT2D eigenvalue weighted by Gasteiger charge is 2.22. The van der Waals surface area contributed by atoms with E-state index in [0.29, 0.717) is 12.2 Å². The van der Waals surface area contributed by atoms with Crippen molar-refractivity contribution in [3.63, 3.8) is 0 Å². The van der Waals surface area contributed by atoms with Crippen LogP contribution in [-0.4, -0.2) is 50.1 Å². The summed E-state index contributed by atoms with van der Waals surface area (Å²) in [6.45, 7) is 2.73. The summed E-state index contributed by atoms with van der Waals surface area (Å²) >= 11 is 0. The van der Waals surface area contributed by atoms with Crippen LogP contribution in [-0.2, 0) is 14.3 Å². The molecule has 0 aromatic heterocycles. The number of rotatable bonds is 8. The van der Waals surface area contributed by atoms with E-state index in [2.05, 4.69) is 5.32 Å². The van der Waals surface area contributed by atoms with Crippen LogP contribution in [0, 0.1) is 0 Å². The molecule has 0 spiro atoms. The Bertz CT molecular complexity index is 583. The van der Waals surface area contributed by atoms with E-state index >= 15 is 0 Å². The third kappa shape index (κ3) is 5.74. The van der Waals surface area contributed by atoms with Gasteiger partial charge in [-0.3, -0.25) is 9.59 Å². The second-order valence-electron chi connectivity index (χ2n) is 6.48. The van der Waals surface area contributed by atoms with Crippen LogP contribution in [0.1, 0.15) is 44.2 Å². The Morgan fingerprint density at radius 3 is 2.76 bits per heavy atom. The minimum Gasteiger partial charge on any atom is -0.483 e. The number of para-hydroxylation sites is 1. The second kappa shape index (κ2) is 9.42. The lowest BCUT2D eigenvalue weighted by Crippen LogP contribution is -2.31. The molecule has 1 N–H and O–H groups in total. The number of carbonyl (C=O) groups is 2. The molecule has 1 aromatic rings. The molecule has 1 aliphatic rings. The van der Waals surface area contributed by atoms with Crippen molar-refractivity contribution >= 4 is 11.8 Å². The number of hydrogen-bond donors (Lipinski definition) is 1. The number of ether oxygens (including phenoxy) is 2. The van der Waals surface area contributed by atoms with Crippen molar-refractivity contribution in [1.29, 1.82) is 0 Å². The SMILES string of the molecule is CC[C@H](NC(=O)C[C@H]1CCCO1)c1ccccc1OCC(=O)N(C)C. The summed E-state index contributed by atoms with van der Waals surface area (Å²) in [5.41, 5.74) is 0.886. The largest absolute Gasteiger partial charge is 0.483 e. The third-order valence-electron chi connectivity index (χ3n) is 4.32. The van der Waals surface area contributed by atoms with Crippen LogP contribution in [0.2, 0.25) is 0 Å². The molecule has 0 unspecified atom stereocenters. The molecular formula is C19H28N2O4. The summed E-state index contributed by atoms with van der Waals surface area (Å²) in [4.78, 5) is 25.6. The van der Waals surface area contributed by atoms with E-state index in [4.69, 9.17) is 9.47 Å². The Kier molecular flexibility index (Phi) is 7.25. The molecule has 0 saturated carbocycles. The summed E-state index contributed by atoms with van der Waals surface area (Å²) in [6, 6.07) is 7.37. The monoisotopic (exact) mass is 348 g/mol. The zero-order chi connectivity index (χ0) is 18.2. The fourth-order valence-corrected chi connectivity index (χ4v) is 2.83. The Hall–Kier alpha value is -2.08. The maximum Gasteiger partial charge on any atom is 0.259 e. The zero-order valence-electron chi connectivity index (χ0n) is 15.3. The van der Waals surface area contributed by atoms with Crippen molar-refractivity contribution < 1.29 is 19.1 Å². The first-order chi connectivity index (χ1) is 12.0. The van der Waals surface area contributed by atoms with E-state index < -0.39 is 0 Å². The fourth-order valence-electron chi connectivity index (χ4n) is 2.83. The Balaban J connectivity index is 2.01. The molecule has 0 radical (unpaired) electrons. The lowest BCUT2D eigenvalue weighted by molar-refractivity contribution is -0.131. The molecule has 6 heteroatoms. The van der Waals surface area contributed by atoms with Crippen molar-refractivity contribution in [2.24, 2.45) is 0 Å². The van der Waals surface area contributed by atoms with Crippen LogP contribution in [0.5, 0.6) is 5.75 Å². The fraction of sp³-hybridized carbons (Fsp3) is 0.579. The van der Waals surface area contributed by atoms with Crippen molar-refractivity contribution in [3.05, 3.63) is 29.8 Å². The first-order valence-corrected chi connectivity index (χ1v) is 8.84. The number of hydrogen-bond acceptors (Lipinski definition) is 4. The minimum atomic E-state index is -0.153. The highest BCUT2D eigenvalue weighted by atomic mass is 16.5. The van der Waals surface area contributed by atoms with Crippen molar-refractivity contribution in [2.75, 3.05) is 27.3 Å². The quantitative estimate of drug-likeness (QED) is 0.783. The molecule has 2 rings (SSSR count). The number of nitrogens with zero attached hydrogens (tertiary/aromatic N) is 1. The van der Waals surface area contributed by atoms with Gasteiger partial charge in [0, 0.05) is 26.3 Å². The van der Waals surface area contributed by atoms with Gasteiger partial charge in [-0.1, -0.05) is 25.1 Å². The van der Waals surface area contributed by atoms with Gasteiger partial charge in [0.05, 0.1) is 18.6 Å². The molecule has 1 aromatic carbocycles. The van der Waals surface area contributed by atoms with Gasteiger partial charge < -0.3 is 19.7 Å². The van der Waals surface area contributed by atoms with Gasteiger partial charge in [0.15, 0.2) is 6.61 Å². The smallest absolute Gasteiger partial charge is 0.259 e. The van der Waals surface area contributed by atoms with Crippen LogP contribution in [0.25, 0.3) is 0 Å². The van der Waals surface area contributed by atoms with E-state index in [9.17, 15) is 9.59 Å². The third-order valence-corrected chi connectivity index (χ3v) is 4.32. The lowest BCUT2D eigenvalue weighted by Gasteiger charge is -2.22. The highest BCUT2D eigenvalue weighted by Crippen LogP contribution is 2.27. The van der Waals surface area contributed by atoms with E-state index in [-0.39, 0.29) is 30.6 Å². The first kappa shape index (κ1) is 19.2. The van der Waals surface area contributed by atoms with Gasteiger partial charge in [-0.15, -0.1) is 0 Å². The topological polar surface area (TPSA) is 67.9 Å². The Labute approximate surface area is 149 Å². The van der Waals surface area contributed by atoms with Crippen LogP contribution in [0.15, 0.2) is 24.3 Å². The van der Waals surface area contributed by atoms with E-state index in [0.717, 1.165) is 31.4 Å². The van der Waals surface area contributed by atoms with Gasteiger partial charge in [-0.2, -0.15) is 0 Å². The molecule has 2 amide bonds. The lowest BCUT2D eigenvalue weighted by atomic mass is 10.0. The molecule has 25 heavy (non-hydrogen) atoms. The average Bonchev–Trinajstić information content (AvgIpc) is 3.10. The van der Waals surface area contributed by atoms with Gasteiger partial charge in [0.1, 0.15) is 5.75 Å². The molecule has 1 fully saturated rings. The molecule has 2 atom stereocenters. The van der Waals surface area contributed by atoms with Gasteiger partial charge in [0.2, 0.25) is 5.91 Å². The van der Waals surface area contributed by atoms with Crippen LogP contribution in [0.3, 0.4) is 0 Å². The standard InChI is InChI=1S/C19H28N2O4/c1-4-16(20-18(22)12-14-8-7-11-24-14)15-9-5-6-10-17(15)25-13-19(23)21(2)3/h5-6,9-10,14,16H,4,7-8,11-13H2,1-3H3,(H,20,22)/t14-,16+/m1/s1. The summed E-state index contributed by atoms with van der Waals surface area (Å²) in [7, 11) is 3.38.